The summed E-state index contributed by atoms with van der Waals surface area (Å²) in [5.41, 5.74) is 2.36. The van der Waals surface area contributed by atoms with Crippen LogP contribution in [0.25, 0.3) is 0 Å². The lowest BCUT2D eigenvalue weighted by Crippen LogP contribution is -2.41. The van der Waals surface area contributed by atoms with E-state index in [1.54, 1.807) is 20.5 Å². The largest absolute Gasteiger partial charge is 0.383 e. The van der Waals surface area contributed by atoms with Crippen LogP contribution in [0.1, 0.15) is 18.2 Å². The maximum Gasteiger partial charge on any atom is 0.137 e. The molecule has 0 fully saturated rings. The minimum Gasteiger partial charge on any atom is -0.383 e. The zero-order valence-electron chi connectivity index (χ0n) is 12.6. The van der Waals surface area contributed by atoms with Crippen molar-refractivity contribution >= 4 is 5.82 Å². The summed E-state index contributed by atoms with van der Waals surface area (Å²) in [5.74, 6) is 1.00. The van der Waals surface area contributed by atoms with Gasteiger partial charge in [0.15, 0.2) is 0 Å². The number of ether oxygens (including phenoxy) is 2. The monoisotopic (exact) mass is 280 g/mol. The van der Waals surface area contributed by atoms with Gasteiger partial charge in [-0.05, 0) is 6.92 Å². The molecule has 0 spiro atoms. The molecule has 1 N–H and O–H groups in total. The van der Waals surface area contributed by atoms with Gasteiger partial charge in [-0.2, -0.15) is 0 Å². The van der Waals surface area contributed by atoms with E-state index in [9.17, 15) is 0 Å². The molecule has 2 rings (SSSR count). The van der Waals surface area contributed by atoms with Gasteiger partial charge in [-0.15, -0.1) is 0 Å². The molecule has 0 amide bonds. The van der Waals surface area contributed by atoms with Crippen LogP contribution in [0.2, 0.25) is 0 Å². The highest BCUT2D eigenvalue weighted by Gasteiger charge is 2.22. The quantitative estimate of drug-likeness (QED) is 0.790. The molecule has 1 atom stereocenters. The van der Waals surface area contributed by atoms with Crippen LogP contribution in [0.3, 0.4) is 0 Å². The molecule has 1 aliphatic heterocycles. The van der Waals surface area contributed by atoms with E-state index in [1.807, 2.05) is 0 Å². The lowest BCUT2D eigenvalue weighted by atomic mass is 10.1. The third-order valence-corrected chi connectivity index (χ3v) is 3.60. The number of fused-ring (bicyclic) bond motifs is 1. The van der Waals surface area contributed by atoms with E-state index in [2.05, 4.69) is 27.1 Å². The molecule has 6 nitrogen and oxygen atoms in total. The van der Waals surface area contributed by atoms with Gasteiger partial charge < -0.3 is 19.7 Å². The lowest BCUT2D eigenvalue weighted by Gasteiger charge is -2.32. The standard InChI is InChI=1S/C14H24N4O2/c1-11(9-20-3)18(6-7-19-2)14-12-8-15-5-4-13(12)16-10-17-14/h10-11,15H,4-9H2,1-3H3. The first kappa shape index (κ1) is 15.2. The summed E-state index contributed by atoms with van der Waals surface area (Å²) < 4.78 is 10.5. The van der Waals surface area contributed by atoms with Crippen LogP contribution in [0, 0.1) is 0 Å². The first-order chi connectivity index (χ1) is 9.77. The zero-order chi connectivity index (χ0) is 14.4. The highest BCUT2D eigenvalue weighted by molar-refractivity contribution is 5.50. The molecule has 0 saturated carbocycles. The van der Waals surface area contributed by atoms with Crippen LogP contribution < -0.4 is 10.2 Å². The summed E-state index contributed by atoms with van der Waals surface area (Å²) in [5, 5.41) is 3.39. The molecule has 0 radical (unpaired) electrons. The fourth-order valence-corrected chi connectivity index (χ4v) is 2.56. The summed E-state index contributed by atoms with van der Waals surface area (Å²) >= 11 is 0. The zero-order valence-corrected chi connectivity index (χ0v) is 12.6. The molecule has 0 aromatic carbocycles. The number of hydrogen-bond acceptors (Lipinski definition) is 6. The normalized spacial score (nSPS) is 15.8. The van der Waals surface area contributed by atoms with Gasteiger partial charge in [-0.25, -0.2) is 9.97 Å². The maximum absolute atomic E-state index is 5.29. The summed E-state index contributed by atoms with van der Waals surface area (Å²) in [6.07, 6.45) is 2.63. The second-order valence-electron chi connectivity index (χ2n) is 5.04. The molecule has 1 aromatic rings. The Bertz CT molecular complexity index is 428. The van der Waals surface area contributed by atoms with Crippen LogP contribution in [-0.4, -0.2) is 56.5 Å². The van der Waals surface area contributed by atoms with Crippen LogP contribution in [0.5, 0.6) is 0 Å². The Morgan fingerprint density at radius 3 is 2.95 bits per heavy atom. The Labute approximate surface area is 120 Å². The van der Waals surface area contributed by atoms with Crippen LogP contribution in [-0.2, 0) is 22.4 Å². The highest BCUT2D eigenvalue weighted by atomic mass is 16.5. The Morgan fingerprint density at radius 1 is 1.35 bits per heavy atom. The summed E-state index contributed by atoms with van der Waals surface area (Å²) in [6.45, 7) is 6.08. The van der Waals surface area contributed by atoms with Crippen molar-refractivity contribution < 1.29 is 9.47 Å². The average molecular weight is 280 g/mol. The first-order valence-corrected chi connectivity index (χ1v) is 7.06. The van der Waals surface area contributed by atoms with Crippen molar-refractivity contribution in [2.45, 2.75) is 25.9 Å². The predicted octanol–water partition coefficient (Wildman–Crippen LogP) is 0.610. The second-order valence-corrected chi connectivity index (χ2v) is 5.04. The van der Waals surface area contributed by atoms with Crippen LogP contribution >= 0.6 is 0 Å². The van der Waals surface area contributed by atoms with Crippen molar-refractivity contribution in [2.75, 3.05) is 45.4 Å². The van der Waals surface area contributed by atoms with Crippen LogP contribution in [0.4, 0.5) is 5.82 Å². The van der Waals surface area contributed by atoms with Gasteiger partial charge in [0.25, 0.3) is 0 Å². The number of nitrogens with zero attached hydrogens (tertiary/aromatic N) is 3. The van der Waals surface area contributed by atoms with Crippen molar-refractivity contribution in [3.63, 3.8) is 0 Å². The molecule has 2 heterocycles. The van der Waals surface area contributed by atoms with E-state index >= 15 is 0 Å². The molecule has 6 heteroatoms. The Hall–Kier alpha value is -1.24. The topological polar surface area (TPSA) is 59.5 Å². The predicted molar refractivity (Wildman–Crippen MR) is 78.0 cm³/mol. The summed E-state index contributed by atoms with van der Waals surface area (Å²) in [6, 6.07) is 0.246. The molecule has 1 unspecified atom stereocenters. The van der Waals surface area contributed by atoms with Gasteiger partial charge >= 0.3 is 0 Å². The number of anilines is 1. The van der Waals surface area contributed by atoms with Gasteiger partial charge in [0.1, 0.15) is 12.1 Å². The van der Waals surface area contributed by atoms with Crippen molar-refractivity contribution in [3.8, 4) is 0 Å². The van der Waals surface area contributed by atoms with Crippen molar-refractivity contribution in [1.82, 2.24) is 15.3 Å². The molecule has 0 bridgehead atoms. The fourth-order valence-electron chi connectivity index (χ4n) is 2.56. The van der Waals surface area contributed by atoms with E-state index in [0.29, 0.717) is 13.2 Å². The van der Waals surface area contributed by atoms with Crippen molar-refractivity contribution in [3.05, 3.63) is 17.6 Å². The summed E-state index contributed by atoms with van der Waals surface area (Å²) in [4.78, 5) is 11.2. The van der Waals surface area contributed by atoms with Gasteiger partial charge in [-0.1, -0.05) is 0 Å². The van der Waals surface area contributed by atoms with E-state index in [1.165, 1.54) is 5.56 Å². The first-order valence-electron chi connectivity index (χ1n) is 7.06. The van der Waals surface area contributed by atoms with E-state index in [0.717, 1.165) is 37.6 Å². The van der Waals surface area contributed by atoms with E-state index in [4.69, 9.17) is 9.47 Å². The van der Waals surface area contributed by atoms with Gasteiger partial charge in [0.2, 0.25) is 0 Å². The molecule has 1 aromatic heterocycles. The smallest absolute Gasteiger partial charge is 0.137 e. The average Bonchev–Trinajstić information content (AvgIpc) is 2.48. The van der Waals surface area contributed by atoms with Crippen LogP contribution in [0.15, 0.2) is 6.33 Å². The van der Waals surface area contributed by atoms with Gasteiger partial charge in [0, 0.05) is 45.8 Å². The third kappa shape index (κ3) is 3.45. The summed E-state index contributed by atoms with van der Waals surface area (Å²) in [7, 11) is 3.44. The third-order valence-electron chi connectivity index (χ3n) is 3.60. The molecule has 112 valence electrons. The molecule has 0 saturated heterocycles. The minimum absolute atomic E-state index is 0.246. The minimum atomic E-state index is 0.246. The Balaban J connectivity index is 2.27. The number of hydrogen-bond donors (Lipinski definition) is 1. The highest BCUT2D eigenvalue weighted by Crippen LogP contribution is 2.24. The Kier molecular flexibility index (Phi) is 5.70. The van der Waals surface area contributed by atoms with Gasteiger partial charge in [0.05, 0.1) is 24.9 Å². The van der Waals surface area contributed by atoms with E-state index < -0.39 is 0 Å². The molecular formula is C14H24N4O2. The molecule has 20 heavy (non-hydrogen) atoms. The fraction of sp³-hybridized carbons (Fsp3) is 0.714. The second kappa shape index (κ2) is 7.52. The van der Waals surface area contributed by atoms with Crippen molar-refractivity contribution in [2.24, 2.45) is 0 Å². The lowest BCUT2D eigenvalue weighted by molar-refractivity contribution is 0.170. The maximum atomic E-state index is 5.29. The Morgan fingerprint density at radius 2 is 2.20 bits per heavy atom. The molecular weight excluding hydrogens is 256 g/mol. The number of aromatic nitrogens is 2. The SMILES string of the molecule is COCCN(c1ncnc2c1CNCC2)C(C)COC. The van der Waals surface area contributed by atoms with Gasteiger partial charge in [-0.3, -0.25) is 0 Å². The number of rotatable bonds is 7. The number of nitrogens with one attached hydrogen (secondary N) is 1. The molecule has 0 aliphatic carbocycles. The van der Waals surface area contributed by atoms with E-state index in [-0.39, 0.29) is 6.04 Å². The van der Waals surface area contributed by atoms with Crippen molar-refractivity contribution in [1.29, 1.82) is 0 Å². The molecule has 1 aliphatic rings. The number of methoxy groups -OCH3 is 2.